The first-order valence-corrected chi connectivity index (χ1v) is 8.93. The molecule has 4 fully saturated rings. The maximum absolute atomic E-state index is 11.2. The van der Waals surface area contributed by atoms with Gasteiger partial charge in [-0.2, -0.15) is 0 Å². The van der Waals surface area contributed by atoms with Crippen molar-refractivity contribution in [3.05, 3.63) is 0 Å². The Hall–Kier alpha value is -0.0900. The lowest BCUT2D eigenvalue weighted by molar-refractivity contribution is -0.0186. The molecule has 0 unspecified atom stereocenters. The van der Waals surface area contributed by atoms with Crippen LogP contribution in [0.1, 0.15) is 38.5 Å². The molecule has 0 aromatic carbocycles. The summed E-state index contributed by atoms with van der Waals surface area (Å²) in [6.45, 7) is 0.644. The number of sulfone groups is 1. The summed E-state index contributed by atoms with van der Waals surface area (Å²) >= 11 is 0. The highest BCUT2D eigenvalue weighted by Crippen LogP contribution is 2.55. The average Bonchev–Trinajstić information content (AvgIpc) is 2.11. The minimum absolute atomic E-state index is 0.286. The molecule has 3 nitrogen and oxygen atoms in total. The van der Waals surface area contributed by atoms with Gasteiger partial charge in [-0.1, -0.05) is 0 Å². The molecule has 0 amide bonds. The highest BCUT2D eigenvalue weighted by molar-refractivity contribution is 7.90. The van der Waals surface area contributed by atoms with Gasteiger partial charge in [0.1, 0.15) is 9.84 Å². The molecule has 0 heterocycles. The van der Waals surface area contributed by atoms with Gasteiger partial charge in [0.15, 0.2) is 0 Å². The van der Waals surface area contributed by atoms with Crippen LogP contribution >= 0.6 is 0 Å². The Balaban J connectivity index is 1.62. The average molecular weight is 257 g/mol. The lowest BCUT2D eigenvalue weighted by atomic mass is 9.53. The van der Waals surface area contributed by atoms with Crippen molar-refractivity contribution in [2.45, 2.75) is 44.1 Å². The van der Waals surface area contributed by atoms with Crippen LogP contribution in [0.15, 0.2) is 0 Å². The molecule has 0 aromatic rings. The summed E-state index contributed by atoms with van der Waals surface area (Å²) in [6.07, 6.45) is 9.52. The van der Waals surface area contributed by atoms with Crippen LogP contribution in [0.25, 0.3) is 0 Å². The van der Waals surface area contributed by atoms with Crippen LogP contribution in [-0.4, -0.2) is 32.5 Å². The van der Waals surface area contributed by atoms with E-state index in [1.54, 1.807) is 0 Å². The third-order valence-corrected chi connectivity index (χ3v) is 5.96. The van der Waals surface area contributed by atoms with E-state index < -0.39 is 9.84 Å². The van der Waals surface area contributed by atoms with Crippen LogP contribution in [0, 0.1) is 17.8 Å². The second-order valence-corrected chi connectivity index (χ2v) is 9.01. The van der Waals surface area contributed by atoms with Gasteiger partial charge in [-0.25, -0.2) is 8.42 Å². The van der Waals surface area contributed by atoms with E-state index in [0.29, 0.717) is 12.1 Å². The minimum atomic E-state index is -2.82. The normalized spacial score (nSPS) is 44.2. The predicted octanol–water partition coefficient (Wildman–Crippen LogP) is 1.59. The number of hydrogen-bond donors (Lipinski definition) is 1. The minimum Gasteiger partial charge on any atom is -0.310 e. The Labute approximate surface area is 104 Å². The Bertz CT molecular complexity index is 366. The summed E-state index contributed by atoms with van der Waals surface area (Å²) in [6, 6.07) is 0. The number of nitrogens with one attached hydrogen (secondary N) is 1. The second-order valence-electron chi connectivity index (χ2n) is 6.75. The smallest absolute Gasteiger partial charge is 0.148 e. The highest BCUT2D eigenvalue weighted by atomic mass is 32.2. The van der Waals surface area contributed by atoms with E-state index in [4.69, 9.17) is 0 Å². The second kappa shape index (κ2) is 3.95. The van der Waals surface area contributed by atoms with Gasteiger partial charge in [-0.05, 0) is 56.3 Å². The van der Waals surface area contributed by atoms with E-state index >= 15 is 0 Å². The van der Waals surface area contributed by atoms with Crippen molar-refractivity contribution in [1.29, 1.82) is 0 Å². The first-order chi connectivity index (χ1) is 7.94. The summed E-state index contributed by atoms with van der Waals surface area (Å²) < 4.78 is 22.4. The van der Waals surface area contributed by atoms with E-state index in [-0.39, 0.29) is 5.75 Å². The van der Waals surface area contributed by atoms with Gasteiger partial charge in [0.2, 0.25) is 0 Å². The molecule has 4 aliphatic rings. The van der Waals surface area contributed by atoms with Crippen LogP contribution in [0.3, 0.4) is 0 Å². The monoisotopic (exact) mass is 257 g/mol. The fourth-order valence-corrected chi connectivity index (χ4v) is 5.30. The van der Waals surface area contributed by atoms with E-state index in [2.05, 4.69) is 5.32 Å². The lowest BCUT2D eigenvalue weighted by Gasteiger charge is -2.57. The van der Waals surface area contributed by atoms with Crippen LogP contribution in [0.5, 0.6) is 0 Å². The van der Waals surface area contributed by atoms with Crippen LogP contribution in [0.2, 0.25) is 0 Å². The van der Waals surface area contributed by atoms with Gasteiger partial charge >= 0.3 is 0 Å². The predicted molar refractivity (Wildman–Crippen MR) is 68.6 cm³/mol. The van der Waals surface area contributed by atoms with Crippen molar-refractivity contribution in [3.63, 3.8) is 0 Å². The van der Waals surface area contributed by atoms with E-state index in [0.717, 1.165) is 17.8 Å². The van der Waals surface area contributed by atoms with Crippen molar-refractivity contribution < 1.29 is 8.42 Å². The van der Waals surface area contributed by atoms with Gasteiger partial charge in [0, 0.05) is 18.3 Å². The topological polar surface area (TPSA) is 46.2 Å². The van der Waals surface area contributed by atoms with Crippen LogP contribution in [0.4, 0.5) is 0 Å². The van der Waals surface area contributed by atoms with Crippen molar-refractivity contribution in [2.24, 2.45) is 17.8 Å². The molecule has 0 radical (unpaired) electrons. The first kappa shape index (κ1) is 12.0. The molecule has 98 valence electrons. The molecule has 0 spiro atoms. The Morgan fingerprint density at radius 3 is 1.94 bits per heavy atom. The lowest BCUT2D eigenvalue weighted by Crippen LogP contribution is -2.59. The summed E-state index contributed by atoms with van der Waals surface area (Å²) in [5.41, 5.74) is 0.305. The molecule has 4 bridgehead atoms. The summed E-state index contributed by atoms with van der Waals surface area (Å²) in [7, 11) is -2.82. The zero-order chi connectivity index (χ0) is 12.1. The fraction of sp³-hybridized carbons (Fsp3) is 1.00. The molecule has 0 aliphatic heterocycles. The Kier molecular flexibility index (Phi) is 2.78. The van der Waals surface area contributed by atoms with Gasteiger partial charge in [-0.3, -0.25) is 0 Å². The Morgan fingerprint density at radius 2 is 1.53 bits per heavy atom. The largest absolute Gasteiger partial charge is 0.310 e. The summed E-state index contributed by atoms with van der Waals surface area (Å²) in [5, 5.41) is 3.60. The van der Waals surface area contributed by atoms with Crippen molar-refractivity contribution in [3.8, 4) is 0 Å². The van der Waals surface area contributed by atoms with E-state index in [9.17, 15) is 8.42 Å². The first-order valence-electron chi connectivity index (χ1n) is 6.87. The molecule has 4 aliphatic carbocycles. The molecule has 0 saturated heterocycles. The molecule has 4 rings (SSSR count). The standard InChI is InChI=1S/C13H23NO2S/c1-17(15,16)3-2-14-13-7-10-4-11(8-13)6-12(5-10)9-13/h10-12,14H,2-9H2,1H3. The molecule has 4 heteroatoms. The van der Waals surface area contributed by atoms with E-state index in [1.165, 1.54) is 44.8 Å². The Morgan fingerprint density at radius 1 is 1.06 bits per heavy atom. The van der Waals surface area contributed by atoms with Gasteiger partial charge in [-0.15, -0.1) is 0 Å². The molecule has 0 aromatic heterocycles. The molecular weight excluding hydrogens is 234 g/mol. The van der Waals surface area contributed by atoms with Crippen LogP contribution in [-0.2, 0) is 9.84 Å². The van der Waals surface area contributed by atoms with Crippen molar-refractivity contribution >= 4 is 9.84 Å². The van der Waals surface area contributed by atoms with Crippen LogP contribution < -0.4 is 5.32 Å². The van der Waals surface area contributed by atoms with Gasteiger partial charge in [0.05, 0.1) is 5.75 Å². The molecule has 17 heavy (non-hydrogen) atoms. The summed E-state index contributed by atoms with van der Waals surface area (Å²) in [5.74, 6) is 3.06. The number of hydrogen-bond acceptors (Lipinski definition) is 3. The SMILES string of the molecule is CS(=O)(=O)CCNC12CC3CC(CC(C3)C1)C2. The zero-order valence-electron chi connectivity index (χ0n) is 10.6. The summed E-state index contributed by atoms with van der Waals surface area (Å²) in [4.78, 5) is 0. The number of rotatable bonds is 4. The zero-order valence-corrected chi connectivity index (χ0v) is 11.4. The third kappa shape index (κ3) is 2.53. The van der Waals surface area contributed by atoms with Gasteiger partial charge < -0.3 is 5.32 Å². The fourth-order valence-electron chi connectivity index (χ4n) is 4.83. The quantitative estimate of drug-likeness (QED) is 0.832. The highest BCUT2D eigenvalue weighted by Gasteiger charge is 2.50. The van der Waals surface area contributed by atoms with E-state index in [1.807, 2.05) is 0 Å². The molecular formula is C13H23NO2S. The maximum Gasteiger partial charge on any atom is 0.148 e. The third-order valence-electron chi connectivity index (χ3n) is 5.01. The van der Waals surface area contributed by atoms with Gasteiger partial charge in [0.25, 0.3) is 0 Å². The van der Waals surface area contributed by atoms with Crippen molar-refractivity contribution in [2.75, 3.05) is 18.6 Å². The van der Waals surface area contributed by atoms with Crippen molar-refractivity contribution in [1.82, 2.24) is 5.32 Å². The maximum atomic E-state index is 11.2. The molecule has 0 atom stereocenters. The molecule has 4 saturated carbocycles. The molecule has 1 N–H and O–H groups in total.